The Labute approximate surface area is 121 Å². The van der Waals surface area contributed by atoms with E-state index in [1.54, 1.807) is 19.2 Å². The van der Waals surface area contributed by atoms with Crippen molar-refractivity contribution >= 4 is 5.69 Å². The molecular weight excluding hydrogens is 255 g/mol. The number of rotatable bonds is 5. The lowest BCUT2D eigenvalue weighted by molar-refractivity contribution is 0.139. The molecule has 1 saturated heterocycles. The van der Waals surface area contributed by atoms with Crippen molar-refractivity contribution in [3.05, 3.63) is 29.6 Å². The predicted molar refractivity (Wildman–Crippen MR) is 80.7 cm³/mol. The summed E-state index contributed by atoms with van der Waals surface area (Å²) in [5.41, 5.74) is 1.81. The molecule has 1 aliphatic rings. The van der Waals surface area contributed by atoms with Crippen molar-refractivity contribution in [1.82, 2.24) is 5.32 Å². The highest BCUT2D eigenvalue weighted by Gasteiger charge is 2.24. The lowest BCUT2D eigenvalue weighted by Gasteiger charge is -2.35. The van der Waals surface area contributed by atoms with Gasteiger partial charge in [0.05, 0.1) is 5.69 Å². The highest BCUT2D eigenvalue weighted by molar-refractivity contribution is 5.56. The molecule has 3 nitrogen and oxygen atoms in total. The number of methoxy groups -OCH3 is 1. The molecule has 1 atom stereocenters. The van der Waals surface area contributed by atoms with Gasteiger partial charge in [-0.25, -0.2) is 4.39 Å². The first-order valence-corrected chi connectivity index (χ1v) is 7.37. The molecule has 0 saturated carbocycles. The van der Waals surface area contributed by atoms with Crippen LogP contribution < -0.4 is 10.2 Å². The Morgan fingerprint density at radius 3 is 2.70 bits per heavy atom. The first kappa shape index (κ1) is 15.3. The van der Waals surface area contributed by atoms with Crippen molar-refractivity contribution in [2.24, 2.45) is 5.92 Å². The topological polar surface area (TPSA) is 24.5 Å². The van der Waals surface area contributed by atoms with E-state index in [0.717, 1.165) is 43.8 Å². The molecule has 112 valence electrons. The van der Waals surface area contributed by atoms with Gasteiger partial charge in [0.15, 0.2) is 0 Å². The van der Waals surface area contributed by atoms with Gasteiger partial charge in [-0.1, -0.05) is 12.1 Å². The minimum absolute atomic E-state index is 0.116. The maximum Gasteiger partial charge on any atom is 0.146 e. The fourth-order valence-corrected chi connectivity index (χ4v) is 2.93. The van der Waals surface area contributed by atoms with Gasteiger partial charge >= 0.3 is 0 Å². The minimum Gasteiger partial charge on any atom is -0.384 e. The monoisotopic (exact) mass is 280 g/mol. The molecule has 2 rings (SSSR count). The second kappa shape index (κ2) is 7.04. The molecule has 1 N–H and O–H groups in total. The van der Waals surface area contributed by atoms with Crippen LogP contribution in [0.15, 0.2) is 18.2 Å². The number of para-hydroxylation sites is 1. The Morgan fingerprint density at radius 1 is 1.40 bits per heavy atom. The largest absolute Gasteiger partial charge is 0.384 e. The van der Waals surface area contributed by atoms with Crippen LogP contribution in [0.4, 0.5) is 10.1 Å². The van der Waals surface area contributed by atoms with E-state index in [-0.39, 0.29) is 11.9 Å². The van der Waals surface area contributed by atoms with E-state index in [2.05, 4.69) is 17.1 Å². The molecule has 20 heavy (non-hydrogen) atoms. The Morgan fingerprint density at radius 2 is 2.10 bits per heavy atom. The van der Waals surface area contributed by atoms with E-state index in [9.17, 15) is 4.39 Å². The molecule has 0 aromatic heterocycles. The first-order valence-electron chi connectivity index (χ1n) is 7.37. The summed E-state index contributed by atoms with van der Waals surface area (Å²) in [5, 5.41) is 3.20. The lowest BCUT2D eigenvalue weighted by atomic mass is 9.95. The van der Waals surface area contributed by atoms with Crippen LogP contribution in [0.25, 0.3) is 0 Å². The predicted octanol–water partition coefficient (Wildman–Crippen LogP) is 2.97. The minimum atomic E-state index is -0.116. The van der Waals surface area contributed by atoms with Crippen molar-refractivity contribution < 1.29 is 9.13 Å². The van der Waals surface area contributed by atoms with Crippen molar-refractivity contribution in [3.63, 3.8) is 0 Å². The second-order valence-electron chi connectivity index (χ2n) is 5.57. The van der Waals surface area contributed by atoms with Crippen LogP contribution in [0.2, 0.25) is 0 Å². The van der Waals surface area contributed by atoms with Gasteiger partial charge in [-0.15, -0.1) is 0 Å². The summed E-state index contributed by atoms with van der Waals surface area (Å²) in [4.78, 5) is 2.19. The van der Waals surface area contributed by atoms with Gasteiger partial charge in [-0.05, 0) is 44.4 Å². The van der Waals surface area contributed by atoms with Gasteiger partial charge in [-0.3, -0.25) is 0 Å². The van der Waals surface area contributed by atoms with Gasteiger partial charge in [0, 0.05) is 32.8 Å². The van der Waals surface area contributed by atoms with Crippen molar-refractivity contribution in [2.75, 3.05) is 38.8 Å². The number of ether oxygens (including phenoxy) is 1. The molecule has 1 fully saturated rings. The molecule has 0 amide bonds. The number of hydrogen-bond acceptors (Lipinski definition) is 3. The zero-order chi connectivity index (χ0) is 14.5. The Balaban J connectivity index is 2.16. The number of benzene rings is 1. The van der Waals surface area contributed by atoms with E-state index in [4.69, 9.17) is 4.74 Å². The van der Waals surface area contributed by atoms with E-state index in [1.165, 1.54) is 0 Å². The third-order valence-corrected chi connectivity index (χ3v) is 4.25. The molecular formula is C16H25FN2O. The van der Waals surface area contributed by atoms with Crippen LogP contribution in [-0.2, 0) is 4.74 Å². The van der Waals surface area contributed by atoms with Crippen LogP contribution in [0.3, 0.4) is 0 Å². The first-order chi connectivity index (χ1) is 9.67. The number of halogens is 1. The highest BCUT2D eigenvalue weighted by atomic mass is 19.1. The third-order valence-electron chi connectivity index (χ3n) is 4.25. The highest BCUT2D eigenvalue weighted by Crippen LogP contribution is 2.32. The van der Waals surface area contributed by atoms with E-state index in [0.29, 0.717) is 5.92 Å². The molecule has 0 spiro atoms. The average molecular weight is 280 g/mol. The third kappa shape index (κ3) is 3.30. The van der Waals surface area contributed by atoms with E-state index < -0.39 is 0 Å². The van der Waals surface area contributed by atoms with Gasteiger partial charge < -0.3 is 15.0 Å². The van der Waals surface area contributed by atoms with Crippen LogP contribution in [0.5, 0.6) is 0 Å². The number of nitrogens with one attached hydrogen (secondary N) is 1. The van der Waals surface area contributed by atoms with Crippen LogP contribution in [-0.4, -0.2) is 33.9 Å². The van der Waals surface area contributed by atoms with E-state index in [1.807, 2.05) is 13.1 Å². The molecule has 0 bridgehead atoms. The summed E-state index contributed by atoms with van der Waals surface area (Å²) < 4.78 is 19.5. The quantitative estimate of drug-likeness (QED) is 0.897. The number of anilines is 1. The van der Waals surface area contributed by atoms with Crippen molar-refractivity contribution in [2.45, 2.75) is 25.8 Å². The molecule has 0 aliphatic carbocycles. The van der Waals surface area contributed by atoms with Crippen molar-refractivity contribution in [1.29, 1.82) is 0 Å². The van der Waals surface area contributed by atoms with Gasteiger partial charge in [0.2, 0.25) is 0 Å². The summed E-state index contributed by atoms with van der Waals surface area (Å²) in [5.74, 6) is 0.489. The summed E-state index contributed by atoms with van der Waals surface area (Å²) >= 11 is 0. The van der Waals surface area contributed by atoms with Crippen LogP contribution in [0.1, 0.15) is 31.4 Å². The van der Waals surface area contributed by atoms with Gasteiger partial charge in [-0.2, -0.15) is 0 Å². The normalized spacial score (nSPS) is 18.3. The van der Waals surface area contributed by atoms with E-state index >= 15 is 0 Å². The summed E-state index contributed by atoms with van der Waals surface area (Å²) in [6.07, 6.45) is 2.13. The molecule has 1 aromatic carbocycles. The zero-order valence-corrected chi connectivity index (χ0v) is 12.7. The molecule has 4 heteroatoms. The summed E-state index contributed by atoms with van der Waals surface area (Å²) in [7, 11) is 3.65. The molecule has 1 unspecified atom stereocenters. The van der Waals surface area contributed by atoms with Crippen LogP contribution in [0, 0.1) is 11.7 Å². The standard InChI is InChI=1S/C16H25FN2O/c1-12(18-2)14-5-4-6-15(17)16(14)19-9-7-13(8-10-19)11-20-3/h4-6,12-13,18H,7-11H2,1-3H3. The maximum atomic E-state index is 14.3. The fourth-order valence-electron chi connectivity index (χ4n) is 2.93. The lowest BCUT2D eigenvalue weighted by Crippen LogP contribution is -2.36. The molecule has 1 aliphatic heterocycles. The second-order valence-corrected chi connectivity index (χ2v) is 5.57. The van der Waals surface area contributed by atoms with Crippen molar-refractivity contribution in [3.8, 4) is 0 Å². The summed E-state index contributed by atoms with van der Waals surface area (Å²) in [6, 6.07) is 5.51. The molecule has 1 aromatic rings. The smallest absolute Gasteiger partial charge is 0.146 e. The fraction of sp³-hybridized carbons (Fsp3) is 0.625. The zero-order valence-electron chi connectivity index (χ0n) is 12.7. The number of piperidine rings is 1. The Hall–Kier alpha value is -1.13. The molecule has 0 radical (unpaired) electrons. The Bertz CT molecular complexity index is 430. The van der Waals surface area contributed by atoms with Gasteiger partial charge in [0.25, 0.3) is 0 Å². The van der Waals surface area contributed by atoms with Crippen LogP contribution >= 0.6 is 0 Å². The number of nitrogens with zero attached hydrogens (tertiary/aromatic N) is 1. The maximum absolute atomic E-state index is 14.3. The SMILES string of the molecule is CNC(C)c1cccc(F)c1N1CCC(COC)CC1. The summed E-state index contributed by atoms with van der Waals surface area (Å²) in [6.45, 7) is 4.68. The van der Waals surface area contributed by atoms with Gasteiger partial charge in [0.1, 0.15) is 5.82 Å². The molecule has 1 heterocycles. The number of hydrogen-bond donors (Lipinski definition) is 1. The Kier molecular flexibility index (Phi) is 5.38. The average Bonchev–Trinajstić information content (AvgIpc) is 2.47.